The van der Waals surface area contributed by atoms with E-state index in [1.54, 1.807) is 12.1 Å². The second-order valence-corrected chi connectivity index (χ2v) is 3.19. The quantitative estimate of drug-likeness (QED) is 0.741. The number of hydrogen-bond acceptors (Lipinski definition) is 2. The molecule has 0 unspecified atom stereocenters. The van der Waals surface area contributed by atoms with E-state index in [2.05, 4.69) is 0 Å². The molecule has 4 heteroatoms. The van der Waals surface area contributed by atoms with Crippen LogP contribution in [0.1, 0.15) is 12.5 Å². The Hall–Kier alpha value is -1.48. The van der Waals surface area contributed by atoms with Crippen LogP contribution in [0.4, 0.5) is 0 Å². The van der Waals surface area contributed by atoms with Gasteiger partial charge in [-0.25, -0.2) is 4.79 Å². The number of rotatable bonds is 2. The fourth-order valence-corrected chi connectivity index (χ4v) is 1.12. The molecule has 14 heavy (non-hydrogen) atoms. The number of benzene rings is 1. The SMILES string of the molecule is C/C(=C/c1cccc(O)c1Cl)C(=O)O. The minimum atomic E-state index is -1.01. The van der Waals surface area contributed by atoms with Crippen molar-refractivity contribution in [3.05, 3.63) is 34.4 Å². The molecule has 0 heterocycles. The first-order valence-electron chi connectivity index (χ1n) is 3.91. The van der Waals surface area contributed by atoms with Gasteiger partial charge in [-0.3, -0.25) is 0 Å². The van der Waals surface area contributed by atoms with Gasteiger partial charge >= 0.3 is 5.97 Å². The van der Waals surface area contributed by atoms with Crippen LogP contribution in [0.25, 0.3) is 6.08 Å². The summed E-state index contributed by atoms with van der Waals surface area (Å²) in [6.07, 6.45) is 1.41. The fraction of sp³-hybridized carbons (Fsp3) is 0.100. The van der Waals surface area contributed by atoms with E-state index in [0.29, 0.717) is 5.56 Å². The van der Waals surface area contributed by atoms with Crippen molar-refractivity contribution in [1.82, 2.24) is 0 Å². The second kappa shape index (κ2) is 4.15. The molecule has 0 bridgehead atoms. The van der Waals surface area contributed by atoms with E-state index < -0.39 is 5.97 Å². The number of aromatic hydroxyl groups is 1. The fourth-order valence-electron chi connectivity index (χ4n) is 0.944. The van der Waals surface area contributed by atoms with E-state index in [1.807, 2.05) is 0 Å². The van der Waals surface area contributed by atoms with Crippen molar-refractivity contribution in [2.75, 3.05) is 0 Å². The van der Waals surface area contributed by atoms with Gasteiger partial charge in [0.2, 0.25) is 0 Å². The Morgan fingerprint density at radius 2 is 2.14 bits per heavy atom. The molecule has 1 rings (SSSR count). The predicted octanol–water partition coefficient (Wildman–Crippen LogP) is 2.53. The van der Waals surface area contributed by atoms with E-state index in [9.17, 15) is 9.90 Å². The molecule has 0 spiro atoms. The number of carboxylic acid groups (broad SMARTS) is 1. The molecule has 0 amide bonds. The lowest BCUT2D eigenvalue weighted by atomic mass is 10.1. The standard InChI is InChI=1S/C10H9ClO3/c1-6(10(13)14)5-7-3-2-4-8(12)9(7)11/h2-5,12H,1H3,(H,13,14)/b6-5-. The van der Waals surface area contributed by atoms with E-state index in [4.69, 9.17) is 16.7 Å². The largest absolute Gasteiger partial charge is 0.506 e. The highest BCUT2D eigenvalue weighted by atomic mass is 35.5. The molecule has 1 aromatic rings. The smallest absolute Gasteiger partial charge is 0.331 e. The third kappa shape index (κ3) is 2.26. The average molecular weight is 213 g/mol. The molecule has 0 radical (unpaired) electrons. The van der Waals surface area contributed by atoms with Crippen LogP contribution in [0.3, 0.4) is 0 Å². The molecule has 74 valence electrons. The van der Waals surface area contributed by atoms with Gasteiger partial charge in [0.15, 0.2) is 0 Å². The maximum atomic E-state index is 10.5. The van der Waals surface area contributed by atoms with Crippen molar-refractivity contribution in [3.63, 3.8) is 0 Å². The first-order valence-corrected chi connectivity index (χ1v) is 4.29. The summed E-state index contributed by atoms with van der Waals surface area (Å²) in [7, 11) is 0. The molecule has 3 nitrogen and oxygen atoms in total. The summed E-state index contributed by atoms with van der Waals surface area (Å²) in [4.78, 5) is 10.5. The molecule has 2 N–H and O–H groups in total. The van der Waals surface area contributed by atoms with Crippen molar-refractivity contribution in [2.45, 2.75) is 6.92 Å². The van der Waals surface area contributed by atoms with Gasteiger partial charge in [-0.15, -0.1) is 0 Å². The number of hydrogen-bond donors (Lipinski definition) is 2. The number of carboxylic acids is 1. The van der Waals surface area contributed by atoms with E-state index in [1.165, 1.54) is 19.1 Å². The Kier molecular flexibility index (Phi) is 3.14. The first-order chi connectivity index (χ1) is 6.52. The molecule has 0 atom stereocenters. The monoisotopic (exact) mass is 212 g/mol. The zero-order valence-corrected chi connectivity index (χ0v) is 8.25. The number of halogens is 1. The number of carbonyl (C=O) groups is 1. The van der Waals surface area contributed by atoms with Gasteiger partial charge in [0.25, 0.3) is 0 Å². The molecule has 0 aliphatic carbocycles. The van der Waals surface area contributed by atoms with E-state index >= 15 is 0 Å². The van der Waals surface area contributed by atoms with Gasteiger partial charge < -0.3 is 10.2 Å². The van der Waals surface area contributed by atoms with Gasteiger partial charge in [-0.2, -0.15) is 0 Å². The number of phenols is 1. The lowest BCUT2D eigenvalue weighted by molar-refractivity contribution is -0.132. The summed E-state index contributed by atoms with van der Waals surface area (Å²) in [6.45, 7) is 1.46. The molecular formula is C10H9ClO3. The van der Waals surface area contributed by atoms with Crippen molar-refractivity contribution in [2.24, 2.45) is 0 Å². The second-order valence-electron chi connectivity index (χ2n) is 2.81. The highest BCUT2D eigenvalue weighted by Gasteiger charge is 2.05. The predicted molar refractivity (Wildman–Crippen MR) is 54.4 cm³/mol. The summed E-state index contributed by atoms with van der Waals surface area (Å²) in [5.74, 6) is -1.07. The Labute approximate surface area is 86.3 Å². The first kappa shape index (κ1) is 10.6. The highest BCUT2D eigenvalue weighted by Crippen LogP contribution is 2.28. The highest BCUT2D eigenvalue weighted by molar-refractivity contribution is 6.33. The molecular weight excluding hydrogens is 204 g/mol. The van der Waals surface area contributed by atoms with Crippen LogP contribution in [-0.4, -0.2) is 16.2 Å². The van der Waals surface area contributed by atoms with Crippen LogP contribution in [0, 0.1) is 0 Å². The maximum absolute atomic E-state index is 10.5. The molecule has 0 saturated carbocycles. The molecule has 0 aromatic heterocycles. The van der Waals surface area contributed by atoms with Gasteiger partial charge in [0.1, 0.15) is 5.75 Å². The van der Waals surface area contributed by atoms with Crippen molar-refractivity contribution in [3.8, 4) is 5.75 Å². The lowest BCUT2D eigenvalue weighted by Crippen LogP contribution is -1.95. The van der Waals surface area contributed by atoms with Crippen LogP contribution < -0.4 is 0 Å². The van der Waals surface area contributed by atoms with E-state index in [-0.39, 0.29) is 16.3 Å². The zero-order chi connectivity index (χ0) is 10.7. The van der Waals surface area contributed by atoms with Gasteiger partial charge in [0, 0.05) is 5.57 Å². The van der Waals surface area contributed by atoms with Gasteiger partial charge in [0.05, 0.1) is 5.02 Å². The number of aliphatic carboxylic acids is 1. The van der Waals surface area contributed by atoms with Gasteiger partial charge in [-0.1, -0.05) is 23.7 Å². The maximum Gasteiger partial charge on any atom is 0.331 e. The van der Waals surface area contributed by atoms with Crippen LogP contribution in [-0.2, 0) is 4.79 Å². The lowest BCUT2D eigenvalue weighted by Gasteiger charge is -2.01. The normalized spacial score (nSPS) is 11.4. The van der Waals surface area contributed by atoms with Gasteiger partial charge in [-0.05, 0) is 24.6 Å². The topological polar surface area (TPSA) is 57.5 Å². The molecule has 1 aromatic carbocycles. The van der Waals surface area contributed by atoms with Crippen molar-refractivity contribution < 1.29 is 15.0 Å². The summed E-state index contributed by atoms with van der Waals surface area (Å²) in [6, 6.07) is 4.67. The summed E-state index contributed by atoms with van der Waals surface area (Å²) < 4.78 is 0. The average Bonchev–Trinajstić information content (AvgIpc) is 2.12. The van der Waals surface area contributed by atoms with E-state index in [0.717, 1.165) is 0 Å². The summed E-state index contributed by atoms with van der Waals surface area (Å²) in [5.41, 5.74) is 0.657. The molecule has 0 fully saturated rings. The minimum Gasteiger partial charge on any atom is -0.506 e. The van der Waals surface area contributed by atoms with Crippen molar-refractivity contribution in [1.29, 1.82) is 0 Å². The van der Waals surface area contributed by atoms with Crippen LogP contribution in [0.15, 0.2) is 23.8 Å². The Balaban J connectivity index is 3.15. The van der Waals surface area contributed by atoms with Crippen molar-refractivity contribution >= 4 is 23.6 Å². The molecule has 0 aliphatic rings. The Bertz CT molecular complexity index is 396. The number of phenolic OH excluding ortho intramolecular Hbond substituents is 1. The molecule has 0 aliphatic heterocycles. The van der Waals surface area contributed by atoms with Crippen LogP contribution >= 0.6 is 11.6 Å². The summed E-state index contributed by atoms with van der Waals surface area (Å²) in [5, 5.41) is 18.0. The Morgan fingerprint density at radius 1 is 1.50 bits per heavy atom. The van der Waals surface area contributed by atoms with Crippen LogP contribution in [0.2, 0.25) is 5.02 Å². The summed E-state index contributed by atoms with van der Waals surface area (Å²) >= 11 is 5.75. The zero-order valence-electron chi connectivity index (χ0n) is 7.49. The van der Waals surface area contributed by atoms with Crippen LogP contribution in [0.5, 0.6) is 5.75 Å². The Morgan fingerprint density at radius 3 is 2.71 bits per heavy atom. The molecule has 0 saturated heterocycles. The third-order valence-electron chi connectivity index (χ3n) is 1.72. The minimum absolute atomic E-state index is 0.0568. The third-order valence-corrected chi connectivity index (χ3v) is 2.13.